The number of carbonyl (C=O) groups excluding carboxylic acids is 1. The van der Waals surface area contributed by atoms with E-state index in [9.17, 15) is 13.2 Å². The lowest BCUT2D eigenvalue weighted by Crippen LogP contribution is -2.36. The number of nitrogens with one attached hydrogen (secondary N) is 1. The van der Waals surface area contributed by atoms with Crippen molar-refractivity contribution >= 4 is 33.1 Å². The van der Waals surface area contributed by atoms with Gasteiger partial charge in [-0.15, -0.1) is 0 Å². The number of fused-ring (bicyclic) bond motifs is 1. The molecule has 0 aromatic heterocycles. The first-order valence-corrected chi connectivity index (χ1v) is 15.3. The van der Waals surface area contributed by atoms with Gasteiger partial charge in [0.2, 0.25) is 5.91 Å². The molecule has 1 aliphatic rings. The quantitative estimate of drug-likeness (QED) is 0.200. The first-order chi connectivity index (χ1) is 19.8. The van der Waals surface area contributed by atoms with E-state index in [1.165, 1.54) is 4.31 Å². The van der Waals surface area contributed by atoms with Crippen LogP contribution in [0.5, 0.6) is 0 Å². The zero-order valence-electron chi connectivity index (χ0n) is 22.9. The van der Waals surface area contributed by atoms with Gasteiger partial charge >= 0.3 is 0 Å². The Morgan fingerprint density at radius 2 is 1.51 bits per heavy atom. The molecule has 0 saturated carbocycles. The second kappa shape index (κ2) is 12.4. The molecule has 210 valence electrons. The van der Waals surface area contributed by atoms with Gasteiger partial charge in [0, 0.05) is 30.8 Å². The summed E-state index contributed by atoms with van der Waals surface area (Å²) in [5.41, 5.74) is 10.7. The Morgan fingerprint density at radius 3 is 2.20 bits per heavy atom. The van der Waals surface area contributed by atoms with Crippen molar-refractivity contribution < 1.29 is 13.2 Å². The molecule has 3 N–H and O–H groups in total. The zero-order valence-corrected chi connectivity index (χ0v) is 23.7. The van der Waals surface area contributed by atoms with Crippen LogP contribution in [0.25, 0.3) is 0 Å². The van der Waals surface area contributed by atoms with E-state index in [-0.39, 0.29) is 16.6 Å². The lowest BCUT2D eigenvalue weighted by Gasteiger charge is -2.32. The van der Waals surface area contributed by atoms with Crippen molar-refractivity contribution in [1.29, 1.82) is 5.41 Å². The van der Waals surface area contributed by atoms with Crippen LogP contribution in [0, 0.1) is 5.41 Å². The predicted molar refractivity (Wildman–Crippen MR) is 164 cm³/mol. The molecular formula is C33H34N4O3S. The normalized spacial score (nSPS) is 12.9. The van der Waals surface area contributed by atoms with Crippen LogP contribution in [0.1, 0.15) is 35.1 Å². The van der Waals surface area contributed by atoms with Crippen molar-refractivity contribution in [1.82, 2.24) is 0 Å². The summed E-state index contributed by atoms with van der Waals surface area (Å²) in [6.45, 7) is 0.930. The number of sulfonamides is 1. The van der Waals surface area contributed by atoms with Crippen LogP contribution in [0.15, 0.2) is 108 Å². The third-order valence-corrected chi connectivity index (χ3v) is 9.28. The minimum Gasteiger partial charge on any atom is -0.384 e. The molecule has 7 nitrogen and oxygen atoms in total. The number of nitrogens with two attached hydrogens (primary N) is 1. The fraction of sp³-hybridized carbons (Fsp3) is 0.212. The van der Waals surface area contributed by atoms with E-state index in [1.807, 2.05) is 65.6 Å². The number of benzene rings is 4. The second-order valence-corrected chi connectivity index (χ2v) is 12.1. The van der Waals surface area contributed by atoms with Crippen molar-refractivity contribution in [2.24, 2.45) is 5.73 Å². The highest BCUT2D eigenvalue weighted by molar-refractivity contribution is 7.92. The topological polar surface area (TPSA) is 108 Å². The Hall–Kier alpha value is -4.43. The number of anilines is 2. The van der Waals surface area contributed by atoms with E-state index < -0.39 is 10.0 Å². The van der Waals surface area contributed by atoms with Gasteiger partial charge in [0.1, 0.15) is 5.84 Å². The third kappa shape index (κ3) is 6.49. The summed E-state index contributed by atoms with van der Waals surface area (Å²) < 4.78 is 29.1. The van der Waals surface area contributed by atoms with Crippen LogP contribution in [0.2, 0.25) is 0 Å². The summed E-state index contributed by atoms with van der Waals surface area (Å²) in [7, 11) is -3.80. The number of aryl methyl sites for hydroxylation is 2. The summed E-state index contributed by atoms with van der Waals surface area (Å²) in [6.07, 6.45) is 3.10. The van der Waals surface area contributed by atoms with Gasteiger partial charge < -0.3 is 10.6 Å². The van der Waals surface area contributed by atoms with E-state index in [1.54, 1.807) is 42.5 Å². The van der Waals surface area contributed by atoms with Crippen LogP contribution in [-0.2, 0) is 34.1 Å². The molecule has 4 aromatic carbocycles. The molecule has 0 saturated heterocycles. The number of amides is 1. The molecule has 0 bridgehead atoms. The Morgan fingerprint density at radius 1 is 0.854 bits per heavy atom. The summed E-state index contributed by atoms with van der Waals surface area (Å²) in [6, 6.07) is 31.4. The van der Waals surface area contributed by atoms with Gasteiger partial charge in [-0.25, -0.2) is 8.42 Å². The number of hydrogen-bond acceptors (Lipinski definition) is 4. The number of nitrogen functional groups attached to an aromatic ring is 1. The molecule has 0 unspecified atom stereocenters. The van der Waals surface area contributed by atoms with Crippen molar-refractivity contribution in [2.45, 2.75) is 37.0 Å². The maximum atomic E-state index is 13.8. The minimum absolute atomic E-state index is 0.0205. The SMILES string of the molecule is N=C(N)c1ccc(CCC(=O)N2CCCc3cc(N(CCc4ccccc4)S(=O)(=O)c4ccccc4)ccc32)cc1. The predicted octanol–water partition coefficient (Wildman–Crippen LogP) is 5.32. The standard InChI is InChI=1S/C33H34N4O3S/c34-33(35)27-16-13-26(14-17-27)15-20-32(38)36-22-7-10-28-24-29(18-19-31(28)36)37(23-21-25-8-3-1-4-9-25)41(39,40)30-11-5-2-6-12-30/h1-6,8-9,11-14,16-19,24H,7,10,15,20-23H2,(H3,34,35). The first-order valence-electron chi connectivity index (χ1n) is 13.8. The molecule has 0 atom stereocenters. The van der Waals surface area contributed by atoms with Crippen molar-refractivity contribution in [2.75, 3.05) is 22.3 Å². The molecule has 0 radical (unpaired) electrons. The van der Waals surface area contributed by atoms with Crippen molar-refractivity contribution in [3.8, 4) is 0 Å². The average molecular weight is 567 g/mol. The number of carbonyl (C=O) groups is 1. The monoisotopic (exact) mass is 566 g/mol. The largest absolute Gasteiger partial charge is 0.384 e. The minimum atomic E-state index is -3.80. The number of amidine groups is 1. The van der Waals surface area contributed by atoms with Gasteiger partial charge in [-0.05, 0) is 72.7 Å². The molecule has 8 heteroatoms. The Bertz CT molecular complexity index is 1620. The Kier molecular flexibility index (Phi) is 8.50. The number of hydrogen-bond donors (Lipinski definition) is 2. The zero-order chi connectivity index (χ0) is 28.8. The van der Waals surface area contributed by atoms with E-state index in [0.29, 0.717) is 43.6 Å². The summed E-state index contributed by atoms with van der Waals surface area (Å²) in [5, 5.41) is 7.54. The van der Waals surface area contributed by atoms with Crippen molar-refractivity contribution in [3.63, 3.8) is 0 Å². The lowest BCUT2D eigenvalue weighted by molar-refractivity contribution is -0.118. The van der Waals surface area contributed by atoms with Gasteiger partial charge in [-0.1, -0.05) is 72.8 Å². The second-order valence-electron chi connectivity index (χ2n) is 10.2. The van der Waals surface area contributed by atoms with Crippen LogP contribution in [-0.4, -0.2) is 33.3 Å². The van der Waals surface area contributed by atoms with Gasteiger partial charge in [0.25, 0.3) is 10.0 Å². The lowest BCUT2D eigenvalue weighted by atomic mass is 9.99. The van der Waals surface area contributed by atoms with Gasteiger partial charge in [0.05, 0.1) is 10.6 Å². The molecule has 0 fully saturated rings. The maximum absolute atomic E-state index is 13.8. The fourth-order valence-electron chi connectivity index (χ4n) is 5.22. The molecule has 1 heterocycles. The fourth-order valence-corrected chi connectivity index (χ4v) is 6.70. The van der Waals surface area contributed by atoms with Crippen LogP contribution in [0.4, 0.5) is 11.4 Å². The van der Waals surface area contributed by atoms with Crippen molar-refractivity contribution in [3.05, 3.63) is 125 Å². The van der Waals surface area contributed by atoms with E-state index in [2.05, 4.69) is 0 Å². The summed E-state index contributed by atoms with van der Waals surface area (Å²) in [4.78, 5) is 15.4. The van der Waals surface area contributed by atoms with E-state index in [0.717, 1.165) is 35.2 Å². The Balaban J connectivity index is 1.38. The highest BCUT2D eigenvalue weighted by atomic mass is 32.2. The summed E-state index contributed by atoms with van der Waals surface area (Å²) >= 11 is 0. The smallest absolute Gasteiger partial charge is 0.264 e. The van der Waals surface area contributed by atoms with Crippen LogP contribution < -0.4 is 14.9 Å². The van der Waals surface area contributed by atoms with E-state index in [4.69, 9.17) is 11.1 Å². The number of rotatable bonds is 10. The maximum Gasteiger partial charge on any atom is 0.264 e. The molecule has 4 aromatic rings. The van der Waals surface area contributed by atoms with Gasteiger partial charge in [-0.2, -0.15) is 0 Å². The highest BCUT2D eigenvalue weighted by Gasteiger charge is 2.28. The van der Waals surface area contributed by atoms with Gasteiger partial charge in [0.15, 0.2) is 0 Å². The van der Waals surface area contributed by atoms with Gasteiger partial charge in [-0.3, -0.25) is 14.5 Å². The molecule has 0 spiro atoms. The van der Waals surface area contributed by atoms with Crippen LogP contribution in [0.3, 0.4) is 0 Å². The first kappa shape index (κ1) is 28.1. The summed E-state index contributed by atoms with van der Waals surface area (Å²) in [5.74, 6) is 0.0549. The van der Waals surface area contributed by atoms with E-state index >= 15 is 0 Å². The third-order valence-electron chi connectivity index (χ3n) is 7.44. The Labute approximate surface area is 241 Å². The molecule has 0 aliphatic carbocycles. The molecule has 5 rings (SSSR count). The molecule has 1 aliphatic heterocycles. The van der Waals surface area contributed by atoms with Crippen LogP contribution >= 0.6 is 0 Å². The molecule has 1 amide bonds. The molecule has 41 heavy (non-hydrogen) atoms. The molecular weight excluding hydrogens is 532 g/mol. The number of nitrogens with zero attached hydrogens (tertiary/aromatic N) is 2. The average Bonchev–Trinajstić information content (AvgIpc) is 3.00. The highest BCUT2D eigenvalue weighted by Crippen LogP contribution is 2.34.